The first kappa shape index (κ1) is 14.3. The van der Waals surface area contributed by atoms with Gasteiger partial charge in [0.25, 0.3) is 0 Å². The molecule has 0 fully saturated rings. The molecule has 1 atom stereocenters. The van der Waals surface area contributed by atoms with Gasteiger partial charge < -0.3 is 4.90 Å². The van der Waals surface area contributed by atoms with Gasteiger partial charge in [-0.15, -0.1) is 0 Å². The molecule has 3 rings (SSSR count). The first-order chi connectivity index (χ1) is 9.97. The smallest absolute Gasteiger partial charge is 0.354 e. The molecule has 0 spiro atoms. The van der Waals surface area contributed by atoms with Gasteiger partial charge in [0.05, 0.1) is 16.6 Å². The zero-order valence-electron chi connectivity index (χ0n) is 11.4. The third-order valence-electron chi connectivity index (χ3n) is 3.57. The molecular formula is C16H14F3NS. The highest BCUT2D eigenvalue weighted by Crippen LogP contribution is 2.44. The molecule has 0 amide bonds. The van der Waals surface area contributed by atoms with Gasteiger partial charge in [-0.1, -0.05) is 42.1 Å². The number of rotatable bonds is 2. The summed E-state index contributed by atoms with van der Waals surface area (Å²) in [4.78, 5) is 3.14. The lowest BCUT2D eigenvalue weighted by molar-refractivity contribution is -0.138. The van der Waals surface area contributed by atoms with Crippen molar-refractivity contribution in [1.82, 2.24) is 0 Å². The number of thioether (sulfide) groups is 1. The predicted octanol–water partition coefficient (Wildman–Crippen LogP) is 5.16. The van der Waals surface area contributed by atoms with E-state index < -0.39 is 11.7 Å². The quantitative estimate of drug-likeness (QED) is 0.753. The Morgan fingerprint density at radius 2 is 1.71 bits per heavy atom. The molecule has 21 heavy (non-hydrogen) atoms. The van der Waals surface area contributed by atoms with Crippen LogP contribution in [0.15, 0.2) is 53.4 Å². The Morgan fingerprint density at radius 3 is 2.48 bits per heavy atom. The van der Waals surface area contributed by atoms with Crippen LogP contribution >= 0.6 is 11.8 Å². The molecule has 2 aromatic carbocycles. The summed E-state index contributed by atoms with van der Waals surface area (Å²) in [6.45, 7) is 2.28. The standard InChI is InChI=1S/C16H14F3NS/c1-11-20(14-8-4-5-9-15(14)21-11)10-12-6-2-3-7-13(12)16(17,18)19/h2-9,11H,10H2,1H3. The molecule has 1 aliphatic rings. The van der Waals surface area contributed by atoms with Crippen LogP contribution < -0.4 is 4.90 Å². The first-order valence-corrected chi connectivity index (χ1v) is 7.52. The van der Waals surface area contributed by atoms with Crippen LogP contribution in [0.2, 0.25) is 0 Å². The third-order valence-corrected chi connectivity index (χ3v) is 4.77. The highest BCUT2D eigenvalue weighted by atomic mass is 32.2. The summed E-state index contributed by atoms with van der Waals surface area (Å²) in [5.41, 5.74) is 0.771. The molecule has 0 aromatic heterocycles. The molecule has 1 unspecified atom stereocenters. The first-order valence-electron chi connectivity index (χ1n) is 6.64. The van der Waals surface area contributed by atoms with E-state index in [0.29, 0.717) is 5.56 Å². The Labute approximate surface area is 125 Å². The largest absolute Gasteiger partial charge is 0.416 e. The number of hydrogen-bond donors (Lipinski definition) is 0. The van der Waals surface area contributed by atoms with Crippen molar-refractivity contribution in [2.24, 2.45) is 0 Å². The Kier molecular flexibility index (Phi) is 3.61. The van der Waals surface area contributed by atoms with Gasteiger partial charge in [-0.25, -0.2) is 0 Å². The van der Waals surface area contributed by atoms with Crippen LogP contribution in [-0.2, 0) is 12.7 Å². The van der Waals surface area contributed by atoms with Crippen molar-refractivity contribution in [2.75, 3.05) is 4.90 Å². The lowest BCUT2D eigenvalue weighted by Crippen LogP contribution is -2.27. The van der Waals surface area contributed by atoms with Crippen LogP contribution in [0, 0.1) is 0 Å². The summed E-state index contributed by atoms with van der Waals surface area (Å²) >= 11 is 1.68. The molecule has 2 aromatic rings. The van der Waals surface area contributed by atoms with E-state index in [9.17, 15) is 13.2 Å². The monoisotopic (exact) mass is 309 g/mol. The Hall–Kier alpha value is -1.62. The van der Waals surface area contributed by atoms with E-state index in [0.717, 1.165) is 16.6 Å². The Bertz CT molecular complexity index is 654. The zero-order chi connectivity index (χ0) is 15.0. The Balaban J connectivity index is 1.95. The van der Waals surface area contributed by atoms with Crippen molar-refractivity contribution in [2.45, 2.75) is 29.9 Å². The summed E-state index contributed by atoms with van der Waals surface area (Å²) in [6.07, 6.45) is -4.31. The average Bonchev–Trinajstić information content (AvgIpc) is 2.75. The zero-order valence-corrected chi connectivity index (χ0v) is 12.2. The maximum Gasteiger partial charge on any atom is 0.416 e. The van der Waals surface area contributed by atoms with E-state index >= 15 is 0 Å². The van der Waals surface area contributed by atoms with Crippen LogP contribution in [-0.4, -0.2) is 5.37 Å². The summed E-state index contributed by atoms with van der Waals surface area (Å²) in [7, 11) is 0. The highest BCUT2D eigenvalue weighted by molar-refractivity contribution is 8.00. The van der Waals surface area contributed by atoms with E-state index in [4.69, 9.17) is 0 Å². The fourth-order valence-electron chi connectivity index (χ4n) is 2.57. The molecule has 0 saturated carbocycles. The SMILES string of the molecule is CC1Sc2ccccc2N1Cc1ccccc1C(F)(F)F. The number of hydrogen-bond acceptors (Lipinski definition) is 2. The number of halogens is 3. The molecule has 110 valence electrons. The number of benzene rings is 2. The topological polar surface area (TPSA) is 3.24 Å². The number of anilines is 1. The van der Waals surface area contributed by atoms with Gasteiger partial charge in [0, 0.05) is 11.4 Å². The Morgan fingerprint density at radius 1 is 1.05 bits per heavy atom. The van der Waals surface area contributed by atoms with Crippen molar-refractivity contribution < 1.29 is 13.2 Å². The second-order valence-corrected chi connectivity index (χ2v) is 6.33. The minimum absolute atomic E-state index is 0.128. The van der Waals surface area contributed by atoms with Crippen LogP contribution in [0.4, 0.5) is 18.9 Å². The summed E-state index contributed by atoms with van der Waals surface area (Å²) < 4.78 is 39.3. The van der Waals surface area contributed by atoms with Crippen LogP contribution in [0.5, 0.6) is 0 Å². The van der Waals surface area contributed by atoms with Gasteiger partial charge in [-0.05, 0) is 30.7 Å². The molecule has 0 aliphatic carbocycles. The summed E-state index contributed by atoms with van der Waals surface area (Å²) in [6, 6.07) is 13.6. The number of para-hydroxylation sites is 1. The van der Waals surface area contributed by atoms with Crippen LogP contribution in [0.25, 0.3) is 0 Å². The van der Waals surface area contributed by atoms with Crippen molar-refractivity contribution >= 4 is 17.4 Å². The molecule has 1 aliphatic heterocycles. The van der Waals surface area contributed by atoms with Crippen molar-refractivity contribution in [3.05, 3.63) is 59.7 Å². The fourth-order valence-corrected chi connectivity index (χ4v) is 3.72. The highest BCUT2D eigenvalue weighted by Gasteiger charge is 2.34. The van der Waals surface area contributed by atoms with Gasteiger partial charge >= 0.3 is 6.18 Å². The second kappa shape index (κ2) is 5.30. The van der Waals surface area contributed by atoms with Gasteiger partial charge in [-0.3, -0.25) is 0 Å². The van der Waals surface area contributed by atoms with Gasteiger partial charge in [0.15, 0.2) is 0 Å². The second-order valence-electron chi connectivity index (χ2n) is 4.97. The molecule has 1 nitrogen and oxygen atoms in total. The van der Waals surface area contributed by atoms with Crippen molar-refractivity contribution in [1.29, 1.82) is 0 Å². The third kappa shape index (κ3) is 2.75. The molecule has 0 bridgehead atoms. The van der Waals surface area contributed by atoms with Crippen LogP contribution in [0.1, 0.15) is 18.1 Å². The minimum Gasteiger partial charge on any atom is -0.354 e. The summed E-state index contributed by atoms with van der Waals surface area (Å²) in [5, 5.41) is 0.128. The molecule has 0 saturated heterocycles. The summed E-state index contributed by atoms with van der Waals surface area (Å²) in [5.74, 6) is 0. The van der Waals surface area contributed by atoms with Gasteiger partial charge in [0.1, 0.15) is 0 Å². The normalized spacial score (nSPS) is 17.9. The van der Waals surface area contributed by atoms with E-state index in [1.165, 1.54) is 6.07 Å². The van der Waals surface area contributed by atoms with Gasteiger partial charge in [0.2, 0.25) is 0 Å². The van der Waals surface area contributed by atoms with Crippen LogP contribution in [0.3, 0.4) is 0 Å². The molecule has 5 heteroatoms. The average molecular weight is 309 g/mol. The van der Waals surface area contributed by atoms with E-state index in [1.54, 1.807) is 23.9 Å². The molecule has 1 heterocycles. The van der Waals surface area contributed by atoms with Crippen molar-refractivity contribution in [3.63, 3.8) is 0 Å². The predicted molar refractivity (Wildman–Crippen MR) is 79.4 cm³/mol. The van der Waals surface area contributed by atoms with E-state index in [2.05, 4.69) is 0 Å². The lowest BCUT2D eigenvalue weighted by Gasteiger charge is -2.25. The van der Waals surface area contributed by atoms with Crippen molar-refractivity contribution in [3.8, 4) is 0 Å². The maximum atomic E-state index is 13.1. The lowest BCUT2D eigenvalue weighted by atomic mass is 10.1. The van der Waals surface area contributed by atoms with E-state index in [1.807, 2.05) is 36.1 Å². The molecular weight excluding hydrogens is 295 g/mol. The number of nitrogens with zero attached hydrogens (tertiary/aromatic N) is 1. The fraction of sp³-hybridized carbons (Fsp3) is 0.250. The van der Waals surface area contributed by atoms with E-state index in [-0.39, 0.29) is 11.9 Å². The molecule has 0 N–H and O–H groups in total. The van der Waals surface area contributed by atoms with Gasteiger partial charge in [-0.2, -0.15) is 13.2 Å². The molecule has 0 radical (unpaired) electrons. The minimum atomic E-state index is -4.31. The number of alkyl halides is 3. The number of fused-ring (bicyclic) bond motifs is 1. The maximum absolute atomic E-state index is 13.1.